The van der Waals surface area contributed by atoms with Crippen LogP contribution in [0, 0.1) is 0 Å². The molecule has 1 aromatic rings. The lowest BCUT2D eigenvalue weighted by atomic mass is 9.97. The summed E-state index contributed by atoms with van der Waals surface area (Å²) in [6.45, 7) is 4.26. The van der Waals surface area contributed by atoms with Crippen LogP contribution in [0.1, 0.15) is 30.9 Å². The van der Waals surface area contributed by atoms with E-state index < -0.39 is 0 Å². The Balaban J connectivity index is 2.94. The summed E-state index contributed by atoms with van der Waals surface area (Å²) < 4.78 is 4.55. The number of ether oxygens (including phenoxy) is 1. The molecule has 1 aromatic carbocycles. The van der Waals surface area contributed by atoms with Crippen molar-refractivity contribution in [3.8, 4) is 0 Å². The van der Waals surface area contributed by atoms with Crippen LogP contribution < -0.4 is 0 Å². The Kier molecular flexibility index (Phi) is 4.10. The molecule has 0 aliphatic rings. The van der Waals surface area contributed by atoms with Gasteiger partial charge >= 0.3 is 5.97 Å². The third-order valence-electron chi connectivity index (χ3n) is 2.22. The highest BCUT2D eigenvalue weighted by Crippen LogP contribution is 2.20. The molecule has 0 aliphatic carbocycles. The number of carbonyl (C=O) groups excluding carboxylic acids is 1. The summed E-state index contributed by atoms with van der Waals surface area (Å²) in [6.07, 6.45) is 3.24. The highest BCUT2D eigenvalue weighted by atomic mass is 16.5. The molecule has 0 atom stereocenters. The summed E-state index contributed by atoms with van der Waals surface area (Å²) in [5.74, 6) is 0.122. The Morgan fingerprint density at radius 3 is 2.60 bits per heavy atom. The largest absolute Gasteiger partial charge is 0.466 e. The normalized spacial score (nSPS) is 10.9. The first-order valence-corrected chi connectivity index (χ1v) is 5.00. The van der Waals surface area contributed by atoms with Gasteiger partial charge in [0, 0.05) is 6.08 Å². The third kappa shape index (κ3) is 3.24. The molecule has 0 saturated carbocycles. The van der Waals surface area contributed by atoms with Gasteiger partial charge in [-0.3, -0.25) is 0 Å². The molecule has 0 bridgehead atoms. The van der Waals surface area contributed by atoms with E-state index in [0.717, 1.165) is 5.56 Å². The fourth-order valence-corrected chi connectivity index (χ4v) is 1.41. The minimum atomic E-state index is -0.325. The van der Waals surface area contributed by atoms with E-state index >= 15 is 0 Å². The van der Waals surface area contributed by atoms with Gasteiger partial charge in [-0.05, 0) is 23.1 Å². The van der Waals surface area contributed by atoms with E-state index in [2.05, 4.69) is 24.7 Å². The van der Waals surface area contributed by atoms with E-state index in [4.69, 9.17) is 0 Å². The Bertz CT molecular complexity index is 365. The molecule has 0 N–H and O–H groups in total. The van der Waals surface area contributed by atoms with Crippen molar-refractivity contribution in [1.29, 1.82) is 0 Å². The van der Waals surface area contributed by atoms with E-state index in [1.165, 1.54) is 18.7 Å². The first-order chi connectivity index (χ1) is 7.15. The van der Waals surface area contributed by atoms with Crippen LogP contribution in [0.15, 0.2) is 30.3 Å². The quantitative estimate of drug-likeness (QED) is 0.559. The van der Waals surface area contributed by atoms with Gasteiger partial charge in [-0.25, -0.2) is 4.79 Å². The lowest BCUT2D eigenvalue weighted by Crippen LogP contribution is -1.95. The molecule has 1 rings (SSSR count). The van der Waals surface area contributed by atoms with Gasteiger partial charge in [0.15, 0.2) is 0 Å². The average molecular weight is 204 g/mol. The third-order valence-corrected chi connectivity index (χ3v) is 2.22. The van der Waals surface area contributed by atoms with E-state index in [1.54, 1.807) is 6.08 Å². The summed E-state index contributed by atoms with van der Waals surface area (Å²) in [5, 5.41) is 0. The van der Waals surface area contributed by atoms with Gasteiger partial charge in [0.05, 0.1) is 7.11 Å². The topological polar surface area (TPSA) is 26.3 Å². The minimum Gasteiger partial charge on any atom is -0.466 e. The van der Waals surface area contributed by atoms with Crippen molar-refractivity contribution in [3.63, 3.8) is 0 Å². The Morgan fingerprint density at radius 1 is 1.33 bits per heavy atom. The van der Waals surface area contributed by atoms with Crippen molar-refractivity contribution in [2.24, 2.45) is 0 Å². The van der Waals surface area contributed by atoms with Crippen LogP contribution in [0.2, 0.25) is 0 Å². The molecule has 0 aliphatic heterocycles. The lowest BCUT2D eigenvalue weighted by Gasteiger charge is -2.08. The van der Waals surface area contributed by atoms with Crippen molar-refractivity contribution < 1.29 is 9.53 Å². The van der Waals surface area contributed by atoms with Gasteiger partial charge in [0.25, 0.3) is 0 Å². The smallest absolute Gasteiger partial charge is 0.330 e. The molecule has 2 heteroatoms. The van der Waals surface area contributed by atoms with E-state index in [0.29, 0.717) is 5.92 Å². The zero-order chi connectivity index (χ0) is 11.3. The maximum absolute atomic E-state index is 11.0. The van der Waals surface area contributed by atoms with E-state index in [1.807, 2.05) is 18.2 Å². The van der Waals surface area contributed by atoms with Crippen LogP contribution in [-0.4, -0.2) is 13.1 Å². The van der Waals surface area contributed by atoms with Crippen LogP contribution >= 0.6 is 0 Å². The van der Waals surface area contributed by atoms with Gasteiger partial charge < -0.3 is 4.74 Å². The SMILES string of the molecule is COC(=O)C=Cc1ccccc1C(C)C. The summed E-state index contributed by atoms with van der Waals surface area (Å²) in [5.41, 5.74) is 2.30. The Morgan fingerprint density at radius 2 is 2.00 bits per heavy atom. The molecule has 0 amide bonds. The first kappa shape index (κ1) is 11.5. The van der Waals surface area contributed by atoms with Gasteiger partial charge in [0.1, 0.15) is 0 Å². The van der Waals surface area contributed by atoms with Crippen LogP contribution in [-0.2, 0) is 9.53 Å². The second-order valence-corrected chi connectivity index (χ2v) is 3.64. The molecular formula is C13H16O2. The van der Waals surface area contributed by atoms with Crippen LogP contribution in [0.4, 0.5) is 0 Å². The van der Waals surface area contributed by atoms with Crippen molar-refractivity contribution in [1.82, 2.24) is 0 Å². The highest BCUT2D eigenvalue weighted by molar-refractivity contribution is 5.87. The minimum absolute atomic E-state index is 0.325. The van der Waals surface area contributed by atoms with E-state index in [-0.39, 0.29) is 5.97 Å². The monoisotopic (exact) mass is 204 g/mol. The molecule has 0 saturated heterocycles. The number of hydrogen-bond donors (Lipinski definition) is 0. The maximum Gasteiger partial charge on any atom is 0.330 e. The van der Waals surface area contributed by atoms with E-state index in [9.17, 15) is 4.79 Å². The van der Waals surface area contributed by atoms with Crippen molar-refractivity contribution in [2.45, 2.75) is 19.8 Å². The van der Waals surface area contributed by atoms with Crippen molar-refractivity contribution in [3.05, 3.63) is 41.5 Å². The lowest BCUT2D eigenvalue weighted by molar-refractivity contribution is -0.134. The number of esters is 1. The Hall–Kier alpha value is -1.57. The van der Waals surface area contributed by atoms with Crippen LogP contribution in [0.25, 0.3) is 6.08 Å². The van der Waals surface area contributed by atoms with Crippen molar-refractivity contribution in [2.75, 3.05) is 7.11 Å². The second-order valence-electron chi connectivity index (χ2n) is 3.64. The van der Waals surface area contributed by atoms with Crippen LogP contribution in [0.3, 0.4) is 0 Å². The molecule has 0 aromatic heterocycles. The maximum atomic E-state index is 11.0. The molecule has 15 heavy (non-hydrogen) atoms. The van der Waals surface area contributed by atoms with Gasteiger partial charge in [-0.2, -0.15) is 0 Å². The molecule has 0 fully saturated rings. The van der Waals surface area contributed by atoms with Gasteiger partial charge in [-0.1, -0.05) is 38.1 Å². The molecule has 0 unspecified atom stereocenters. The number of carbonyl (C=O) groups is 1. The Labute approximate surface area is 90.6 Å². The summed E-state index contributed by atoms with van der Waals surface area (Å²) in [7, 11) is 1.38. The fourth-order valence-electron chi connectivity index (χ4n) is 1.41. The predicted octanol–water partition coefficient (Wildman–Crippen LogP) is 3.00. The number of methoxy groups -OCH3 is 1. The predicted molar refractivity (Wildman–Crippen MR) is 61.6 cm³/mol. The second kappa shape index (κ2) is 5.35. The number of benzene rings is 1. The summed E-state index contributed by atoms with van der Waals surface area (Å²) >= 11 is 0. The highest BCUT2D eigenvalue weighted by Gasteiger charge is 2.03. The summed E-state index contributed by atoms with van der Waals surface area (Å²) in [6, 6.07) is 8.03. The summed E-state index contributed by atoms with van der Waals surface area (Å²) in [4.78, 5) is 11.0. The molecule has 80 valence electrons. The van der Waals surface area contributed by atoms with Crippen LogP contribution in [0.5, 0.6) is 0 Å². The molecule has 0 heterocycles. The molecule has 0 spiro atoms. The zero-order valence-corrected chi connectivity index (χ0v) is 9.36. The van der Waals surface area contributed by atoms with Crippen molar-refractivity contribution >= 4 is 12.0 Å². The zero-order valence-electron chi connectivity index (χ0n) is 9.36. The number of hydrogen-bond acceptors (Lipinski definition) is 2. The average Bonchev–Trinajstić information content (AvgIpc) is 2.26. The number of rotatable bonds is 3. The molecular weight excluding hydrogens is 188 g/mol. The van der Waals surface area contributed by atoms with Gasteiger partial charge in [0.2, 0.25) is 0 Å². The first-order valence-electron chi connectivity index (χ1n) is 5.00. The van der Waals surface area contributed by atoms with Gasteiger partial charge in [-0.15, -0.1) is 0 Å². The fraction of sp³-hybridized carbons (Fsp3) is 0.308. The molecule has 2 nitrogen and oxygen atoms in total. The molecule has 0 radical (unpaired) electrons. The standard InChI is InChI=1S/C13H16O2/c1-10(2)12-7-5-4-6-11(12)8-9-13(14)15-3/h4-10H,1-3H3.